The van der Waals surface area contributed by atoms with Crippen molar-refractivity contribution >= 4 is 23.2 Å². The number of hydrogen-bond acceptors (Lipinski definition) is 5. The van der Waals surface area contributed by atoms with Gasteiger partial charge in [-0.25, -0.2) is 0 Å². The number of rotatable bonds is 6. The van der Waals surface area contributed by atoms with Gasteiger partial charge in [0.2, 0.25) is 0 Å². The lowest BCUT2D eigenvalue weighted by Crippen LogP contribution is -1.95. The number of non-ortho nitro benzene ring substituents is 1. The molecule has 0 saturated carbocycles. The Kier molecular flexibility index (Phi) is 5.46. The van der Waals surface area contributed by atoms with Crippen LogP contribution in [0.1, 0.15) is 12.5 Å². The molecule has 0 saturated heterocycles. The largest absolute Gasteiger partial charge is 0.497 e. The number of nitro groups is 1. The number of nitrogens with one attached hydrogen (secondary N) is 1. The minimum Gasteiger partial charge on any atom is -0.497 e. The van der Waals surface area contributed by atoms with Gasteiger partial charge >= 0.3 is 0 Å². The quantitative estimate of drug-likeness (QED) is 0.495. The molecule has 0 fully saturated rings. The molecule has 0 unspecified atom stereocenters. The molecule has 0 aliphatic carbocycles. The Morgan fingerprint density at radius 3 is 2.39 bits per heavy atom. The van der Waals surface area contributed by atoms with Crippen LogP contribution in [0.15, 0.2) is 59.7 Å². The molecular formula is C17H17N3O3. The van der Waals surface area contributed by atoms with E-state index in [1.807, 2.05) is 43.3 Å². The molecule has 1 N–H and O–H groups in total. The number of nitrogens with zero attached hydrogens (tertiary/aromatic N) is 2. The maximum Gasteiger partial charge on any atom is 0.269 e. The Balaban J connectivity index is 1.96. The molecule has 118 valence electrons. The number of anilines is 1. The smallest absolute Gasteiger partial charge is 0.269 e. The van der Waals surface area contributed by atoms with Gasteiger partial charge in [0.1, 0.15) is 5.75 Å². The molecule has 0 bridgehead atoms. The summed E-state index contributed by atoms with van der Waals surface area (Å²) < 4.78 is 5.11. The third kappa shape index (κ3) is 4.96. The molecule has 0 atom stereocenters. The van der Waals surface area contributed by atoms with E-state index in [4.69, 9.17) is 4.74 Å². The van der Waals surface area contributed by atoms with Crippen molar-refractivity contribution < 1.29 is 9.66 Å². The summed E-state index contributed by atoms with van der Waals surface area (Å²) in [6, 6.07) is 13.8. The van der Waals surface area contributed by atoms with Crippen LogP contribution in [-0.4, -0.2) is 17.7 Å². The second-order valence-corrected chi connectivity index (χ2v) is 4.78. The maximum atomic E-state index is 10.6. The Hall–Kier alpha value is -3.15. The Bertz CT molecular complexity index is 720. The zero-order valence-electron chi connectivity index (χ0n) is 12.9. The lowest BCUT2D eigenvalue weighted by Gasteiger charge is -2.01. The fraction of sp³-hybridized carbons (Fsp3) is 0.118. The maximum absolute atomic E-state index is 10.6. The normalized spacial score (nSPS) is 11.5. The lowest BCUT2D eigenvalue weighted by molar-refractivity contribution is -0.384. The molecule has 6 nitrogen and oxygen atoms in total. The van der Waals surface area contributed by atoms with Gasteiger partial charge in [-0.3, -0.25) is 15.5 Å². The number of nitro benzene ring substituents is 1. The molecule has 2 aromatic carbocycles. The number of hydrazone groups is 1. The van der Waals surface area contributed by atoms with E-state index in [1.54, 1.807) is 19.2 Å². The van der Waals surface area contributed by atoms with Crippen LogP contribution in [0.3, 0.4) is 0 Å². The molecule has 6 heteroatoms. The number of hydrogen-bond donors (Lipinski definition) is 1. The molecule has 0 amide bonds. The Morgan fingerprint density at radius 2 is 1.83 bits per heavy atom. The van der Waals surface area contributed by atoms with E-state index < -0.39 is 4.92 Å². The number of ether oxygens (including phenoxy) is 1. The van der Waals surface area contributed by atoms with Gasteiger partial charge < -0.3 is 4.74 Å². The summed E-state index contributed by atoms with van der Waals surface area (Å²) in [4.78, 5) is 10.1. The van der Waals surface area contributed by atoms with Crippen molar-refractivity contribution in [2.75, 3.05) is 12.5 Å². The Labute approximate surface area is 134 Å². The first kappa shape index (κ1) is 16.2. The van der Waals surface area contributed by atoms with Crippen molar-refractivity contribution in [2.24, 2.45) is 5.10 Å². The van der Waals surface area contributed by atoms with E-state index in [0.717, 1.165) is 17.0 Å². The lowest BCUT2D eigenvalue weighted by atomic mass is 10.2. The average molecular weight is 311 g/mol. The average Bonchev–Trinajstić information content (AvgIpc) is 2.59. The van der Waals surface area contributed by atoms with Crippen molar-refractivity contribution in [3.05, 3.63) is 70.3 Å². The third-order valence-corrected chi connectivity index (χ3v) is 3.07. The zero-order chi connectivity index (χ0) is 16.7. The van der Waals surface area contributed by atoms with Crippen LogP contribution in [0, 0.1) is 10.1 Å². The van der Waals surface area contributed by atoms with Gasteiger partial charge in [-0.1, -0.05) is 18.2 Å². The fourth-order valence-corrected chi connectivity index (χ4v) is 1.78. The zero-order valence-corrected chi connectivity index (χ0v) is 12.9. The van der Waals surface area contributed by atoms with E-state index in [1.165, 1.54) is 12.1 Å². The number of allylic oxidation sites excluding steroid dienone is 1. The SMILES string of the molecule is COc1ccc(/C=C/C(C)=N\Nc2ccc([N+](=O)[O-])cc2)cc1. The van der Waals surface area contributed by atoms with Crippen LogP contribution < -0.4 is 10.2 Å². The summed E-state index contributed by atoms with van der Waals surface area (Å²) >= 11 is 0. The van der Waals surface area contributed by atoms with Crippen LogP contribution in [0.5, 0.6) is 5.75 Å². The first-order chi connectivity index (χ1) is 11.1. The van der Waals surface area contributed by atoms with Gasteiger partial charge in [-0.15, -0.1) is 0 Å². The predicted octanol–water partition coefficient (Wildman–Crippen LogP) is 4.10. The van der Waals surface area contributed by atoms with Crippen molar-refractivity contribution in [3.63, 3.8) is 0 Å². The molecule has 0 radical (unpaired) electrons. The molecule has 2 rings (SSSR count). The van der Waals surface area contributed by atoms with E-state index in [0.29, 0.717) is 5.69 Å². The monoisotopic (exact) mass is 311 g/mol. The van der Waals surface area contributed by atoms with Gasteiger partial charge in [-0.2, -0.15) is 5.10 Å². The van der Waals surface area contributed by atoms with Crippen LogP contribution in [0.25, 0.3) is 6.08 Å². The number of methoxy groups -OCH3 is 1. The van der Waals surface area contributed by atoms with Crippen molar-refractivity contribution in [1.82, 2.24) is 0 Å². The number of benzene rings is 2. The van der Waals surface area contributed by atoms with E-state index >= 15 is 0 Å². The van der Waals surface area contributed by atoms with Crippen molar-refractivity contribution in [2.45, 2.75) is 6.92 Å². The second-order valence-electron chi connectivity index (χ2n) is 4.78. The van der Waals surface area contributed by atoms with E-state index in [2.05, 4.69) is 10.5 Å². The van der Waals surface area contributed by atoms with Gasteiger partial charge in [-0.05, 0) is 42.8 Å². The summed E-state index contributed by atoms with van der Waals surface area (Å²) in [5, 5.41) is 14.8. The van der Waals surface area contributed by atoms with Crippen molar-refractivity contribution in [1.29, 1.82) is 0 Å². The molecule has 0 spiro atoms. The molecule has 0 aliphatic heterocycles. The minimum atomic E-state index is -0.435. The van der Waals surface area contributed by atoms with Gasteiger partial charge in [0.05, 0.1) is 23.4 Å². The highest BCUT2D eigenvalue weighted by Gasteiger charge is 2.02. The van der Waals surface area contributed by atoms with E-state index in [9.17, 15) is 10.1 Å². The van der Waals surface area contributed by atoms with Crippen LogP contribution in [0.4, 0.5) is 11.4 Å². The van der Waals surface area contributed by atoms with Crippen LogP contribution in [-0.2, 0) is 0 Å². The molecule has 0 aromatic heterocycles. The van der Waals surface area contributed by atoms with Gasteiger partial charge in [0.15, 0.2) is 0 Å². The topological polar surface area (TPSA) is 76.8 Å². The van der Waals surface area contributed by atoms with Crippen LogP contribution >= 0.6 is 0 Å². The Morgan fingerprint density at radius 1 is 1.17 bits per heavy atom. The molecule has 0 aliphatic rings. The highest BCUT2D eigenvalue weighted by Crippen LogP contribution is 2.15. The fourth-order valence-electron chi connectivity index (χ4n) is 1.78. The highest BCUT2D eigenvalue weighted by molar-refractivity contribution is 5.96. The highest BCUT2D eigenvalue weighted by atomic mass is 16.6. The van der Waals surface area contributed by atoms with Gasteiger partial charge in [0, 0.05) is 12.1 Å². The first-order valence-electron chi connectivity index (χ1n) is 6.95. The second kappa shape index (κ2) is 7.74. The summed E-state index contributed by atoms with van der Waals surface area (Å²) in [5.74, 6) is 0.812. The van der Waals surface area contributed by atoms with Crippen LogP contribution in [0.2, 0.25) is 0 Å². The summed E-state index contributed by atoms with van der Waals surface area (Å²) in [6.07, 6.45) is 3.82. The summed E-state index contributed by atoms with van der Waals surface area (Å²) in [6.45, 7) is 1.86. The first-order valence-corrected chi connectivity index (χ1v) is 6.95. The van der Waals surface area contributed by atoms with Crippen molar-refractivity contribution in [3.8, 4) is 5.75 Å². The molecule has 23 heavy (non-hydrogen) atoms. The summed E-state index contributed by atoms with van der Waals surface area (Å²) in [5.41, 5.74) is 5.41. The predicted molar refractivity (Wildman–Crippen MR) is 91.9 cm³/mol. The van der Waals surface area contributed by atoms with Gasteiger partial charge in [0.25, 0.3) is 5.69 Å². The third-order valence-electron chi connectivity index (χ3n) is 3.07. The molecule has 2 aromatic rings. The molecular weight excluding hydrogens is 294 g/mol. The minimum absolute atomic E-state index is 0.0515. The molecule has 0 heterocycles. The standard InChI is InChI=1S/C17H17N3O3/c1-13(3-4-14-5-11-17(23-2)12-6-14)18-19-15-7-9-16(10-8-15)20(21)22/h3-12,19H,1-2H3/b4-3+,18-13-. The summed E-state index contributed by atoms with van der Waals surface area (Å²) in [7, 11) is 1.63. The van der Waals surface area contributed by atoms with E-state index in [-0.39, 0.29) is 5.69 Å².